The molecular weight excluding hydrogens is 226 g/mol. The fourth-order valence-electron chi connectivity index (χ4n) is 3.92. The average Bonchev–Trinajstić information content (AvgIpc) is 3.13. The van der Waals surface area contributed by atoms with Gasteiger partial charge in [0.2, 0.25) is 0 Å². The molecule has 3 heterocycles. The van der Waals surface area contributed by atoms with Gasteiger partial charge in [-0.3, -0.25) is 9.80 Å². The monoisotopic (exact) mass is 253 g/mol. The van der Waals surface area contributed by atoms with E-state index in [4.69, 9.17) is 10.5 Å². The summed E-state index contributed by atoms with van der Waals surface area (Å²) in [5, 5.41) is 0. The quantitative estimate of drug-likeness (QED) is 0.799. The van der Waals surface area contributed by atoms with Crippen LogP contribution in [0.2, 0.25) is 0 Å². The van der Waals surface area contributed by atoms with Gasteiger partial charge in [0.15, 0.2) is 0 Å². The van der Waals surface area contributed by atoms with Crippen molar-refractivity contribution in [3.8, 4) is 0 Å². The Balaban J connectivity index is 1.55. The number of likely N-dealkylation sites (tertiary alicyclic amines) is 2. The van der Waals surface area contributed by atoms with E-state index in [1.807, 2.05) is 0 Å². The van der Waals surface area contributed by atoms with Crippen LogP contribution < -0.4 is 5.73 Å². The van der Waals surface area contributed by atoms with Crippen LogP contribution in [-0.4, -0.2) is 67.3 Å². The van der Waals surface area contributed by atoms with Gasteiger partial charge in [0.25, 0.3) is 0 Å². The second-order valence-corrected chi connectivity index (χ2v) is 6.04. The third kappa shape index (κ3) is 2.57. The SMILES string of the molecule is NCC(C1CCCO1)N1CCC(N2CCCC2)C1. The lowest BCUT2D eigenvalue weighted by Gasteiger charge is -2.32. The van der Waals surface area contributed by atoms with E-state index in [2.05, 4.69) is 9.80 Å². The third-order valence-electron chi connectivity index (χ3n) is 4.96. The van der Waals surface area contributed by atoms with Crippen LogP contribution in [0.3, 0.4) is 0 Å². The van der Waals surface area contributed by atoms with E-state index in [1.165, 1.54) is 58.3 Å². The fraction of sp³-hybridized carbons (Fsp3) is 1.00. The maximum Gasteiger partial charge on any atom is 0.0743 e. The number of nitrogens with two attached hydrogens (primary N) is 1. The Morgan fingerprint density at radius 1 is 1.11 bits per heavy atom. The van der Waals surface area contributed by atoms with E-state index in [1.54, 1.807) is 0 Å². The molecule has 0 spiro atoms. The summed E-state index contributed by atoms with van der Waals surface area (Å²) in [5.41, 5.74) is 6.00. The zero-order valence-corrected chi connectivity index (χ0v) is 11.4. The summed E-state index contributed by atoms with van der Waals surface area (Å²) in [6, 6.07) is 1.24. The number of rotatable bonds is 4. The first-order valence-corrected chi connectivity index (χ1v) is 7.68. The van der Waals surface area contributed by atoms with Gasteiger partial charge in [-0.2, -0.15) is 0 Å². The maximum atomic E-state index is 6.00. The van der Waals surface area contributed by atoms with Crippen molar-refractivity contribution < 1.29 is 4.74 Å². The molecule has 3 aliphatic heterocycles. The van der Waals surface area contributed by atoms with Crippen molar-refractivity contribution in [2.24, 2.45) is 5.73 Å². The molecule has 0 saturated carbocycles. The zero-order valence-electron chi connectivity index (χ0n) is 11.4. The molecule has 3 rings (SSSR count). The molecule has 0 bridgehead atoms. The number of ether oxygens (including phenoxy) is 1. The Kier molecular flexibility index (Phi) is 4.19. The number of hydrogen-bond acceptors (Lipinski definition) is 4. The van der Waals surface area contributed by atoms with Crippen LogP contribution in [0.15, 0.2) is 0 Å². The van der Waals surface area contributed by atoms with Crippen molar-refractivity contribution in [3.63, 3.8) is 0 Å². The van der Waals surface area contributed by atoms with Crippen LogP contribution in [0.25, 0.3) is 0 Å². The Labute approximate surface area is 110 Å². The fourth-order valence-corrected chi connectivity index (χ4v) is 3.92. The largest absolute Gasteiger partial charge is 0.377 e. The van der Waals surface area contributed by atoms with E-state index in [0.29, 0.717) is 12.1 Å². The van der Waals surface area contributed by atoms with E-state index < -0.39 is 0 Å². The van der Waals surface area contributed by atoms with Gasteiger partial charge < -0.3 is 10.5 Å². The Morgan fingerprint density at radius 3 is 2.61 bits per heavy atom. The minimum Gasteiger partial charge on any atom is -0.377 e. The van der Waals surface area contributed by atoms with Gasteiger partial charge in [0, 0.05) is 38.3 Å². The van der Waals surface area contributed by atoms with Crippen LogP contribution in [0.4, 0.5) is 0 Å². The topological polar surface area (TPSA) is 41.7 Å². The van der Waals surface area contributed by atoms with Crippen molar-refractivity contribution in [3.05, 3.63) is 0 Å². The van der Waals surface area contributed by atoms with Gasteiger partial charge >= 0.3 is 0 Å². The van der Waals surface area contributed by atoms with Crippen molar-refractivity contribution in [2.45, 2.75) is 50.3 Å². The minimum atomic E-state index is 0.396. The smallest absolute Gasteiger partial charge is 0.0743 e. The molecule has 3 unspecified atom stereocenters. The second-order valence-electron chi connectivity index (χ2n) is 6.04. The van der Waals surface area contributed by atoms with Crippen molar-refractivity contribution >= 4 is 0 Å². The molecular formula is C14H27N3O. The molecule has 3 saturated heterocycles. The molecule has 4 nitrogen and oxygen atoms in total. The average molecular weight is 253 g/mol. The first-order valence-electron chi connectivity index (χ1n) is 7.68. The van der Waals surface area contributed by atoms with E-state index in [0.717, 1.165) is 19.2 Å². The molecule has 0 amide bonds. The molecule has 4 heteroatoms. The highest BCUT2D eigenvalue weighted by Crippen LogP contribution is 2.26. The lowest BCUT2D eigenvalue weighted by atomic mass is 10.1. The first-order chi connectivity index (χ1) is 8.88. The Morgan fingerprint density at radius 2 is 1.94 bits per heavy atom. The molecule has 3 fully saturated rings. The molecule has 0 radical (unpaired) electrons. The highest BCUT2D eigenvalue weighted by Gasteiger charge is 2.36. The van der Waals surface area contributed by atoms with Crippen LogP contribution >= 0.6 is 0 Å². The predicted octanol–water partition coefficient (Wildman–Crippen LogP) is 0.663. The van der Waals surface area contributed by atoms with E-state index >= 15 is 0 Å². The van der Waals surface area contributed by atoms with Gasteiger partial charge in [-0.1, -0.05) is 0 Å². The van der Waals surface area contributed by atoms with Crippen LogP contribution in [0.1, 0.15) is 32.1 Å². The van der Waals surface area contributed by atoms with Gasteiger partial charge in [-0.05, 0) is 45.2 Å². The van der Waals surface area contributed by atoms with Gasteiger partial charge in [0.05, 0.1) is 6.10 Å². The van der Waals surface area contributed by atoms with Gasteiger partial charge in [-0.15, -0.1) is 0 Å². The molecule has 0 aliphatic carbocycles. The van der Waals surface area contributed by atoms with Crippen LogP contribution in [0.5, 0.6) is 0 Å². The van der Waals surface area contributed by atoms with Crippen molar-refractivity contribution in [2.75, 3.05) is 39.3 Å². The molecule has 2 N–H and O–H groups in total. The summed E-state index contributed by atoms with van der Waals surface area (Å²) >= 11 is 0. The molecule has 0 aromatic rings. The summed E-state index contributed by atoms with van der Waals surface area (Å²) in [7, 11) is 0. The first kappa shape index (κ1) is 12.9. The summed E-state index contributed by atoms with van der Waals surface area (Å²) < 4.78 is 5.84. The van der Waals surface area contributed by atoms with Gasteiger partial charge in [0.1, 0.15) is 0 Å². The number of hydrogen-bond donors (Lipinski definition) is 1. The van der Waals surface area contributed by atoms with Gasteiger partial charge in [-0.25, -0.2) is 0 Å². The highest BCUT2D eigenvalue weighted by molar-refractivity contribution is 4.92. The highest BCUT2D eigenvalue weighted by atomic mass is 16.5. The lowest BCUT2D eigenvalue weighted by molar-refractivity contribution is 0.0339. The molecule has 0 aromatic carbocycles. The molecule has 3 aliphatic rings. The van der Waals surface area contributed by atoms with Crippen molar-refractivity contribution in [1.29, 1.82) is 0 Å². The van der Waals surface area contributed by atoms with E-state index in [-0.39, 0.29) is 0 Å². The lowest BCUT2D eigenvalue weighted by Crippen LogP contribution is -2.48. The maximum absolute atomic E-state index is 6.00. The molecule has 18 heavy (non-hydrogen) atoms. The summed E-state index contributed by atoms with van der Waals surface area (Å²) in [4.78, 5) is 5.28. The normalized spacial score (nSPS) is 36.5. The zero-order chi connectivity index (χ0) is 12.4. The standard InChI is InChI=1S/C14H27N3O/c15-10-13(14-4-3-9-18-14)17-8-5-12(11-17)16-6-1-2-7-16/h12-14H,1-11,15H2. The third-order valence-corrected chi connectivity index (χ3v) is 4.96. The van der Waals surface area contributed by atoms with E-state index in [9.17, 15) is 0 Å². The van der Waals surface area contributed by atoms with Crippen LogP contribution in [0, 0.1) is 0 Å². The Bertz CT molecular complexity index is 262. The Hall–Kier alpha value is -0.160. The minimum absolute atomic E-state index is 0.396. The molecule has 0 aromatic heterocycles. The second kappa shape index (κ2) is 5.87. The predicted molar refractivity (Wildman–Crippen MR) is 72.6 cm³/mol. The van der Waals surface area contributed by atoms with Crippen molar-refractivity contribution in [1.82, 2.24) is 9.80 Å². The summed E-state index contributed by atoms with van der Waals surface area (Å²) in [5.74, 6) is 0. The molecule has 104 valence electrons. The summed E-state index contributed by atoms with van der Waals surface area (Å²) in [6.45, 7) is 6.73. The number of nitrogens with zero attached hydrogens (tertiary/aromatic N) is 2. The summed E-state index contributed by atoms with van der Waals surface area (Å²) in [6.07, 6.45) is 6.92. The van der Waals surface area contributed by atoms with Crippen LogP contribution in [-0.2, 0) is 4.74 Å². The molecule has 3 atom stereocenters.